The number of likely N-dealkylation sites (N-methyl/N-ethyl adjacent to an activating group) is 1. The zero-order valence-corrected chi connectivity index (χ0v) is 13.8. The quantitative estimate of drug-likeness (QED) is 0.916. The van der Waals surface area contributed by atoms with Gasteiger partial charge in [-0.25, -0.2) is 0 Å². The van der Waals surface area contributed by atoms with Gasteiger partial charge in [0.05, 0.1) is 12.0 Å². The number of aliphatic carboxylic acids is 1. The lowest BCUT2D eigenvalue weighted by Crippen LogP contribution is -2.52. The van der Waals surface area contributed by atoms with Gasteiger partial charge in [-0.3, -0.25) is 14.4 Å². The van der Waals surface area contributed by atoms with Crippen LogP contribution in [0.5, 0.6) is 0 Å². The van der Waals surface area contributed by atoms with E-state index in [2.05, 4.69) is 0 Å². The molecule has 2 fully saturated rings. The molecule has 0 bridgehead atoms. The highest BCUT2D eigenvalue weighted by molar-refractivity contribution is 6.04. The Hall–Kier alpha value is -2.37. The van der Waals surface area contributed by atoms with Gasteiger partial charge in [0.15, 0.2) is 0 Å². The van der Waals surface area contributed by atoms with E-state index in [4.69, 9.17) is 0 Å². The summed E-state index contributed by atoms with van der Waals surface area (Å²) in [4.78, 5) is 38.7. The molecule has 6 nitrogen and oxygen atoms in total. The molecule has 0 spiro atoms. The third-order valence-electron chi connectivity index (χ3n) is 5.24. The summed E-state index contributed by atoms with van der Waals surface area (Å²) < 4.78 is 0. The van der Waals surface area contributed by atoms with Crippen LogP contribution < -0.4 is 4.90 Å². The van der Waals surface area contributed by atoms with E-state index < -0.39 is 11.4 Å². The van der Waals surface area contributed by atoms with E-state index in [1.54, 1.807) is 31.3 Å². The van der Waals surface area contributed by atoms with Gasteiger partial charge in [-0.2, -0.15) is 0 Å². The molecule has 1 N–H and O–H groups in total. The number of carbonyl (C=O) groups excluding carboxylic acids is 2. The molecule has 0 unspecified atom stereocenters. The highest BCUT2D eigenvalue weighted by atomic mass is 16.4. The summed E-state index contributed by atoms with van der Waals surface area (Å²) in [6.07, 6.45) is 4.20. The second kappa shape index (κ2) is 6.26. The Labute approximate surface area is 141 Å². The molecule has 2 amide bonds. The number of carboxylic acid groups (broad SMARTS) is 1. The summed E-state index contributed by atoms with van der Waals surface area (Å²) in [5.74, 6) is -1.01. The maximum atomic E-state index is 12.1. The number of carbonyl (C=O) groups is 3. The number of nitrogens with zero attached hydrogens (tertiary/aromatic N) is 2. The SMILES string of the molecule is CN1CC(=O)N(c2ccc(C3(C(=O)O)CCCCC3)cc2)CC1=O. The number of piperazine rings is 1. The first-order valence-electron chi connectivity index (χ1n) is 8.32. The van der Waals surface area contributed by atoms with E-state index in [1.165, 1.54) is 9.80 Å². The Balaban J connectivity index is 1.86. The number of anilines is 1. The van der Waals surface area contributed by atoms with Crippen molar-refractivity contribution < 1.29 is 19.5 Å². The third-order valence-corrected chi connectivity index (χ3v) is 5.24. The van der Waals surface area contributed by atoms with Crippen LogP contribution in [0.15, 0.2) is 24.3 Å². The van der Waals surface area contributed by atoms with Gasteiger partial charge in [0.1, 0.15) is 6.54 Å². The topological polar surface area (TPSA) is 77.9 Å². The molecule has 24 heavy (non-hydrogen) atoms. The molecule has 6 heteroatoms. The molecule has 3 rings (SSSR count). The van der Waals surface area contributed by atoms with E-state index in [1.807, 2.05) is 0 Å². The molecule has 0 radical (unpaired) electrons. The molecule has 0 aromatic heterocycles. The molecule has 0 atom stereocenters. The first-order valence-corrected chi connectivity index (χ1v) is 8.32. The summed E-state index contributed by atoms with van der Waals surface area (Å²) in [6, 6.07) is 7.10. The van der Waals surface area contributed by atoms with E-state index in [-0.39, 0.29) is 24.9 Å². The molecule has 1 saturated carbocycles. The minimum absolute atomic E-state index is 0.0265. The molecule has 1 aliphatic heterocycles. The number of rotatable bonds is 3. The molecule has 128 valence electrons. The Morgan fingerprint density at radius 3 is 2.21 bits per heavy atom. The van der Waals surface area contributed by atoms with Crippen molar-refractivity contribution >= 4 is 23.5 Å². The Bertz CT molecular complexity index is 662. The Morgan fingerprint density at radius 2 is 1.62 bits per heavy atom. The lowest BCUT2D eigenvalue weighted by molar-refractivity contribution is -0.145. The van der Waals surface area contributed by atoms with Crippen molar-refractivity contribution in [3.05, 3.63) is 29.8 Å². The van der Waals surface area contributed by atoms with E-state index in [0.717, 1.165) is 24.8 Å². The smallest absolute Gasteiger partial charge is 0.314 e. The van der Waals surface area contributed by atoms with Gasteiger partial charge in [0.2, 0.25) is 11.8 Å². The van der Waals surface area contributed by atoms with Crippen molar-refractivity contribution in [2.45, 2.75) is 37.5 Å². The van der Waals surface area contributed by atoms with E-state index in [0.29, 0.717) is 18.5 Å². The van der Waals surface area contributed by atoms with Crippen LogP contribution in [0.1, 0.15) is 37.7 Å². The minimum atomic E-state index is -0.821. The van der Waals surface area contributed by atoms with Gasteiger partial charge in [-0.05, 0) is 30.5 Å². The maximum Gasteiger partial charge on any atom is 0.314 e. The van der Waals surface area contributed by atoms with Crippen molar-refractivity contribution in [2.24, 2.45) is 0 Å². The van der Waals surface area contributed by atoms with Gasteiger partial charge in [0, 0.05) is 12.7 Å². The van der Waals surface area contributed by atoms with Crippen molar-refractivity contribution in [3.63, 3.8) is 0 Å². The Morgan fingerprint density at radius 1 is 1.00 bits per heavy atom. The van der Waals surface area contributed by atoms with Gasteiger partial charge in [-0.15, -0.1) is 0 Å². The summed E-state index contributed by atoms with van der Waals surface area (Å²) in [5, 5.41) is 9.75. The van der Waals surface area contributed by atoms with Crippen LogP contribution in [0.25, 0.3) is 0 Å². The van der Waals surface area contributed by atoms with Crippen LogP contribution in [0, 0.1) is 0 Å². The number of benzene rings is 1. The van der Waals surface area contributed by atoms with Crippen molar-refractivity contribution in [1.82, 2.24) is 4.90 Å². The zero-order chi connectivity index (χ0) is 17.3. The van der Waals surface area contributed by atoms with Crippen LogP contribution in [-0.2, 0) is 19.8 Å². The minimum Gasteiger partial charge on any atom is -0.481 e. The van der Waals surface area contributed by atoms with Crippen LogP contribution >= 0.6 is 0 Å². The van der Waals surface area contributed by atoms with Crippen LogP contribution in [0.3, 0.4) is 0 Å². The average Bonchev–Trinajstić information content (AvgIpc) is 2.59. The van der Waals surface area contributed by atoms with Gasteiger partial charge in [-0.1, -0.05) is 31.4 Å². The summed E-state index contributed by atoms with van der Waals surface area (Å²) in [7, 11) is 1.61. The van der Waals surface area contributed by atoms with Gasteiger partial charge < -0.3 is 14.9 Å². The molecule has 1 aromatic rings. The predicted molar refractivity (Wildman–Crippen MR) is 88.8 cm³/mol. The molecular weight excluding hydrogens is 308 g/mol. The highest BCUT2D eigenvalue weighted by Gasteiger charge is 2.41. The summed E-state index contributed by atoms with van der Waals surface area (Å²) in [5.41, 5.74) is 0.603. The fraction of sp³-hybridized carbons (Fsp3) is 0.500. The van der Waals surface area contributed by atoms with Gasteiger partial charge in [0.25, 0.3) is 0 Å². The van der Waals surface area contributed by atoms with Crippen molar-refractivity contribution in [3.8, 4) is 0 Å². The van der Waals surface area contributed by atoms with Crippen LogP contribution in [-0.4, -0.2) is 47.9 Å². The normalized spacial score (nSPS) is 21.0. The third kappa shape index (κ3) is 2.77. The second-order valence-corrected chi connectivity index (χ2v) is 6.72. The van der Waals surface area contributed by atoms with Crippen LogP contribution in [0.2, 0.25) is 0 Å². The first-order chi connectivity index (χ1) is 11.4. The second-order valence-electron chi connectivity index (χ2n) is 6.72. The van der Waals surface area contributed by atoms with E-state index in [9.17, 15) is 19.5 Å². The van der Waals surface area contributed by atoms with Crippen molar-refractivity contribution in [2.75, 3.05) is 25.0 Å². The van der Waals surface area contributed by atoms with Gasteiger partial charge >= 0.3 is 5.97 Å². The number of hydrogen-bond acceptors (Lipinski definition) is 3. The lowest BCUT2D eigenvalue weighted by atomic mass is 9.69. The fourth-order valence-electron chi connectivity index (χ4n) is 3.70. The molecule has 2 aliphatic rings. The zero-order valence-electron chi connectivity index (χ0n) is 13.8. The highest BCUT2D eigenvalue weighted by Crippen LogP contribution is 2.40. The molecule has 1 saturated heterocycles. The summed E-state index contributed by atoms with van der Waals surface area (Å²) in [6.45, 7) is 0.0956. The lowest BCUT2D eigenvalue weighted by Gasteiger charge is -2.35. The molecule has 1 aromatic carbocycles. The largest absolute Gasteiger partial charge is 0.481 e. The monoisotopic (exact) mass is 330 g/mol. The van der Waals surface area contributed by atoms with E-state index >= 15 is 0 Å². The van der Waals surface area contributed by atoms with Crippen molar-refractivity contribution in [1.29, 1.82) is 0 Å². The number of carboxylic acids is 1. The molecule has 1 aliphatic carbocycles. The average molecular weight is 330 g/mol. The number of amides is 2. The standard InChI is InChI=1S/C18H22N2O4/c1-19-11-16(22)20(12-15(19)21)14-7-5-13(6-8-14)18(17(23)24)9-3-2-4-10-18/h5-8H,2-4,9-12H2,1H3,(H,23,24). The molecular formula is C18H22N2O4. The summed E-state index contributed by atoms with van der Waals surface area (Å²) >= 11 is 0. The fourth-order valence-corrected chi connectivity index (χ4v) is 3.70. The predicted octanol–water partition coefficient (Wildman–Crippen LogP) is 1.78. The maximum absolute atomic E-state index is 12.1. The Kier molecular flexibility index (Phi) is 4.30. The first kappa shape index (κ1) is 16.5. The number of hydrogen-bond donors (Lipinski definition) is 1. The van der Waals surface area contributed by atoms with Crippen LogP contribution in [0.4, 0.5) is 5.69 Å². The molecule has 1 heterocycles.